The summed E-state index contributed by atoms with van der Waals surface area (Å²) in [6.07, 6.45) is 14.4. The number of allylic oxidation sites excluding steroid dienone is 5. The molecular weight excluding hydrogens is 562 g/mol. The van der Waals surface area contributed by atoms with Crippen molar-refractivity contribution in [3.63, 3.8) is 0 Å². The van der Waals surface area contributed by atoms with Crippen molar-refractivity contribution in [1.82, 2.24) is 20.3 Å². The number of fused-ring (bicyclic) bond motifs is 1. The molecule has 7 atom stereocenters. The van der Waals surface area contributed by atoms with E-state index in [1.165, 1.54) is 27.5 Å². The molecule has 0 bridgehead atoms. The quantitative estimate of drug-likeness (QED) is 0.194. The zero-order valence-electron chi connectivity index (χ0n) is 29.4. The number of nitrogens with two attached hydrogens (primary N) is 1. The van der Waals surface area contributed by atoms with E-state index in [0.29, 0.717) is 54.5 Å². The second kappa shape index (κ2) is 17.0. The summed E-state index contributed by atoms with van der Waals surface area (Å²) in [6, 6.07) is 14.8. The van der Waals surface area contributed by atoms with Crippen LogP contribution in [0.2, 0.25) is 0 Å². The van der Waals surface area contributed by atoms with Crippen molar-refractivity contribution in [1.29, 1.82) is 0 Å². The summed E-state index contributed by atoms with van der Waals surface area (Å²) >= 11 is 0. The van der Waals surface area contributed by atoms with Gasteiger partial charge in [-0.05, 0) is 110 Å². The lowest BCUT2D eigenvalue weighted by Gasteiger charge is -2.35. The lowest BCUT2D eigenvalue weighted by molar-refractivity contribution is 0.172. The summed E-state index contributed by atoms with van der Waals surface area (Å²) in [5.41, 5.74) is 12.1. The van der Waals surface area contributed by atoms with Crippen molar-refractivity contribution in [2.75, 3.05) is 13.1 Å². The summed E-state index contributed by atoms with van der Waals surface area (Å²) in [6.45, 7) is 25.6. The summed E-state index contributed by atoms with van der Waals surface area (Å²) in [4.78, 5) is 0. The molecule has 0 spiro atoms. The standard InChI is InChI=1S/C41H59N5/c1-9-35-22-29(3)20-32(6)33(7)34(8)37(23-31(5)30(4)15-14-28(2)21-39(35)25-42)18-19-43-26-40-27-46(45-44-40)41-17-16-36-12-10-11-13-38(36)24-41/h10-17,21,24,27,31-35,37,39,43H,3-4,9,18-20,22-23,25-26,42H2,1-2,5-8H3/b15-14+,28-21+/t31-,32?,33+,34?,35+,37+,39-/m1/s1. The summed E-state index contributed by atoms with van der Waals surface area (Å²) in [5.74, 6) is 3.67. The van der Waals surface area contributed by atoms with Gasteiger partial charge in [-0.2, -0.15) is 0 Å². The van der Waals surface area contributed by atoms with Gasteiger partial charge in [0.15, 0.2) is 0 Å². The molecule has 0 radical (unpaired) electrons. The van der Waals surface area contributed by atoms with Gasteiger partial charge in [-0.1, -0.05) is 125 Å². The number of benzene rings is 2. The van der Waals surface area contributed by atoms with Gasteiger partial charge in [0.1, 0.15) is 0 Å². The fourth-order valence-corrected chi connectivity index (χ4v) is 7.36. The smallest absolute Gasteiger partial charge is 0.0969 e. The van der Waals surface area contributed by atoms with Crippen LogP contribution in [0.3, 0.4) is 0 Å². The minimum atomic E-state index is 0.372. The van der Waals surface area contributed by atoms with Crippen LogP contribution < -0.4 is 11.1 Å². The van der Waals surface area contributed by atoms with Gasteiger partial charge in [0.05, 0.1) is 17.6 Å². The largest absolute Gasteiger partial charge is 0.330 e. The van der Waals surface area contributed by atoms with E-state index in [1.807, 2.05) is 10.9 Å². The van der Waals surface area contributed by atoms with Crippen LogP contribution in [0.15, 0.2) is 96.8 Å². The molecule has 4 rings (SSSR count). The van der Waals surface area contributed by atoms with E-state index in [0.717, 1.165) is 50.0 Å². The molecular formula is C41H59N5. The molecule has 248 valence electrons. The minimum Gasteiger partial charge on any atom is -0.330 e. The predicted octanol–water partition coefficient (Wildman–Crippen LogP) is 9.46. The molecule has 1 aliphatic carbocycles. The number of nitrogens with zero attached hydrogens (tertiary/aromatic N) is 3. The van der Waals surface area contributed by atoms with E-state index in [-0.39, 0.29) is 0 Å². The monoisotopic (exact) mass is 621 g/mol. The Balaban J connectivity index is 1.43. The van der Waals surface area contributed by atoms with E-state index >= 15 is 0 Å². The molecule has 3 aromatic rings. The average molecular weight is 622 g/mol. The highest BCUT2D eigenvalue weighted by atomic mass is 15.4. The third-order valence-electron chi connectivity index (χ3n) is 10.9. The zero-order chi connectivity index (χ0) is 33.2. The van der Waals surface area contributed by atoms with Crippen LogP contribution >= 0.6 is 0 Å². The number of aromatic nitrogens is 3. The van der Waals surface area contributed by atoms with Crippen LogP contribution in [0.4, 0.5) is 0 Å². The van der Waals surface area contributed by atoms with Gasteiger partial charge >= 0.3 is 0 Å². The number of hydrogen-bond acceptors (Lipinski definition) is 4. The Hall–Kier alpha value is -3.28. The molecule has 2 aromatic carbocycles. The van der Waals surface area contributed by atoms with Crippen LogP contribution in [0.5, 0.6) is 0 Å². The zero-order valence-corrected chi connectivity index (χ0v) is 29.4. The molecule has 0 fully saturated rings. The van der Waals surface area contributed by atoms with Gasteiger partial charge in [-0.15, -0.1) is 5.10 Å². The van der Waals surface area contributed by atoms with Gasteiger partial charge in [-0.25, -0.2) is 4.68 Å². The maximum atomic E-state index is 6.29. The molecule has 1 heterocycles. The maximum absolute atomic E-state index is 6.29. The van der Waals surface area contributed by atoms with Gasteiger partial charge in [0, 0.05) is 6.54 Å². The van der Waals surface area contributed by atoms with Crippen LogP contribution in [0.1, 0.15) is 79.3 Å². The van der Waals surface area contributed by atoms with Gasteiger partial charge in [0.25, 0.3) is 0 Å². The highest BCUT2D eigenvalue weighted by Gasteiger charge is 2.29. The summed E-state index contributed by atoms with van der Waals surface area (Å²) in [5, 5.41) is 15.0. The fourth-order valence-electron chi connectivity index (χ4n) is 7.36. The molecule has 0 amide bonds. The molecule has 2 unspecified atom stereocenters. The van der Waals surface area contributed by atoms with Crippen LogP contribution in [-0.2, 0) is 6.54 Å². The second-order valence-corrected chi connectivity index (χ2v) is 14.3. The van der Waals surface area contributed by atoms with Gasteiger partial charge in [0.2, 0.25) is 0 Å². The lowest BCUT2D eigenvalue weighted by Crippen LogP contribution is -2.29. The van der Waals surface area contributed by atoms with Crippen LogP contribution in [0, 0.1) is 41.4 Å². The Morgan fingerprint density at radius 3 is 2.46 bits per heavy atom. The average Bonchev–Trinajstić information content (AvgIpc) is 3.54. The second-order valence-electron chi connectivity index (χ2n) is 14.3. The van der Waals surface area contributed by atoms with Crippen molar-refractivity contribution in [3.05, 3.63) is 102 Å². The molecule has 46 heavy (non-hydrogen) atoms. The van der Waals surface area contributed by atoms with Crippen molar-refractivity contribution in [2.45, 2.75) is 80.2 Å². The first-order valence-corrected chi connectivity index (χ1v) is 17.6. The predicted molar refractivity (Wildman–Crippen MR) is 197 cm³/mol. The molecule has 1 aromatic heterocycles. The Morgan fingerprint density at radius 1 is 0.957 bits per heavy atom. The van der Waals surface area contributed by atoms with Crippen LogP contribution in [-0.4, -0.2) is 28.1 Å². The summed E-state index contributed by atoms with van der Waals surface area (Å²) in [7, 11) is 0. The Kier molecular flexibility index (Phi) is 13.2. The Labute approximate surface area is 279 Å². The molecule has 0 saturated heterocycles. The SMILES string of the molecule is C=C1CC(C)[C@H](C)C(C)[C@@H](CCNCc2cn(-c3ccc4ccccc4c3)nn2)C[C@@H](C)C(=C)/C=C/C(C)=C/[C@H](CN)[C@@H](CC)C1. The van der Waals surface area contributed by atoms with E-state index in [4.69, 9.17) is 5.73 Å². The molecule has 0 saturated carbocycles. The molecule has 5 nitrogen and oxygen atoms in total. The number of hydrogen-bond donors (Lipinski definition) is 2. The molecule has 3 N–H and O–H groups in total. The van der Waals surface area contributed by atoms with E-state index in [1.54, 1.807) is 0 Å². The van der Waals surface area contributed by atoms with Gasteiger partial charge < -0.3 is 11.1 Å². The van der Waals surface area contributed by atoms with Crippen LogP contribution in [0.25, 0.3) is 16.5 Å². The lowest BCUT2D eigenvalue weighted by atomic mass is 9.71. The normalized spacial score (nSPS) is 29.0. The first-order valence-electron chi connectivity index (χ1n) is 17.6. The van der Waals surface area contributed by atoms with Crippen molar-refractivity contribution in [2.24, 2.45) is 47.2 Å². The van der Waals surface area contributed by atoms with Crippen molar-refractivity contribution < 1.29 is 0 Å². The maximum Gasteiger partial charge on any atom is 0.0969 e. The van der Waals surface area contributed by atoms with Crippen molar-refractivity contribution >= 4 is 10.8 Å². The number of nitrogens with one attached hydrogen (secondary N) is 1. The first-order chi connectivity index (χ1) is 22.1. The highest BCUT2D eigenvalue weighted by molar-refractivity contribution is 5.84. The topological polar surface area (TPSA) is 68.8 Å². The summed E-state index contributed by atoms with van der Waals surface area (Å²) < 4.78 is 1.88. The van der Waals surface area contributed by atoms with E-state index in [9.17, 15) is 0 Å². The van der Waals surface area contributed by atoms with Gasteiger partial charge in [-0.3, -0.25) is 0 Å². The molecule has 1 aliphatic rings. The fraction of sp³-hybridized carbons (Fsp3) is 0.512. The minimum absolute atomic E-state index is 0.372. The van der Waals surface area contributed by atoms with E-state index in [2.05, 4.69) is 131 Å². The molecule has 5 heteroatoms. The highest BCUT2D eigenvalue weighted by Crippen LogP contribution is 2.38. The Morgan fingerprint density at radius 2 is 1.72 bits per heavy atom. The molecule has 0 aliphatic heterocycles. The third kappa shape index (κ3) is 9.62. The van der Waals surface area contributed by atoms with Crippen molar-refractivity contribution in [3.8, 4) is 5.69 Å². The number of rotatable bonds is 8. The Bertz CT molecular complexity index is 1500. The third-order valence-corrected chi connectivity index (χ3v) is 10.9. The first kappa shape index (κ1) is 35.6. The van der Waals surface area contributed by atoms with E-state index < -0.39 is 0 Å².